The van der Waals surface area contributed by atoms with Gasteiger partial charge in [-0.2, -0.15) is 0 Å². The normalized spacial score (nSPS) is 49.3. The monoisotopic (exact) mass is 474 g/mol. The molecule has 3 heterocycles. The van der Waals surface area contributed by atoms with Gasteiger partial charge < -0.3 is 19.8 Å². The van der Waals surface area contributed by atoms with Gasteiger partial charge in [-0.25, -0.2) is 0 Å². The highest BCUT2D eigenvalue weighted by Gasteiger charge is 2.84. The summed E-state index contributed by atoms with van der Waals surface area (Å²) in [6, 6.07) is 6.35. The lowest BCUT2D eigenvalue weighted by Crippen LogP contribution is -2.67. The van der Waals surface area contributed by atoms with Crippen molar-refractivity contribution in [2.45, 2.75) is 74.9 Å². The Morgan fingerprint density at radius 3 is 2.83 bits per heavy atom. The number of nitrogens with zero attached hydrogens (tertiary/aromatic N) is 3. The molecule has 3 N–H and O–H groups in total. The highest BCUT2D eigenvalue weighted by atomic mass is 16.5. The number of aromatic nitrogens is 3. The minimum atomic E-state index is -0.731. The molecule has 3 spiro atoms. The zero-order valence-corrected chi connectivity index (χ0v) is 20.7. The zero-order chi connectivity index (χ0) is 24.0. The molecule has 1 aromatic carbocycles. The van der Waals surface area contributed by atoms with E-state index in [1.54, 1.807) is 0 Å². The number of H-pyrrole nitrogens is 1. The number of rotatable bonds is 2. The fourth-order valence-electron chi connectivity index (χ4n) is 9.64. The Labute approximate surface area is 205 Å². The number of hydrogen-bond acceptors (Lipinski definition) is 6. The van der Waals surface area contributed by atoms with E-state index in [1.807, 2.05) is 14.1 Å². The maximum atomic E-state index is 11.5. The summed E-state index contributed by atoms with van der Waals surface area (Å²) >= 11 is 0. The van der Waals surface area contributed by atoms with Crippen molar-refractivity contribution in [2.24, 2.45) is 22.7 Å². The van der Waals surface area contributed by atoms with Crippen LogP contribution in [0, 0.1) is 22.7 Å². The van der Waals surface area contributed by atoms with Crippen molar-refractivity contribution in [3.63, 3.8) is 0 Å². The highest BCUT2D eigenvalue weighted by molar-refractivity contribution is 5.82. The van der Waals surface area contributed by atoms with Gasteiger partial charge in [-0.15, -0.1) is 5.10 Å². The number of aromatic amines is 1. The van der Waals surface area contributed by atoms with Gasteiger partial charge in [-0.1, -0.05) is 30.4 Å². The third kappa shape index (κ3) is 2.21. The molecule has 3 unspecified atom stereocenters. The van der Waals surface area contributed by atoms with E-state index in [4.69, 9.17) is 4.74 Å². The first-order valence-electron chi connectivity index (χ1n) is 13.2. The molecule has 2 saturated heterocycles. The lowest BCUT2D eigenvalue weighted by atomic mass is 9.57. The molecule has 2 aliphatic heterocycles. The van der Waals surface area contributed by atoms with Crippen molar-refractivity contribution >= 4 is 16.6 Å². The van der Waals surface area contributed by atoms with Crippen LogP contribution in [0.3, 0.4) is 0 Å². The van der Waals surface area contributed by atoms with Gasteiger partial charge in [-0.05, 0) is 87.4 Å². The predicted molar refractivity (Wildman–Crippen MR) is 131 cm³/mol. The third-order valence-electron chi connectivity index (χ3n) is 11.3. The summed E-state index contributed by atoms with van der Waals surface area (Å²) in [7, 11) is 4.02. The van der Waals surface area contributed by atoms with Crippen molar-refractivity contribution in [1.29, 1.82) is 0 Å². The molecule has 4 fully saturated rings. The first-order chi connectivity index (χ1) is 16.8. The fraction of sp³-hybridized carbons (Fsp3) is 0.643. The van der Waals surface area contributed by atoms with Gasteiger partial charge in [0.15, 0.2) is 0 Å². The number of benzene rings is 1. The van der Waals surface area contributed by atoms with Gasteiger partial charge in [-0.3, -0.25) is 5.10 Å². The number of hydrogen-bond donors (Lipinski definition) is 3. The van der Waals surface area contributed by atoms with E-state index < -0.39 is 12.2 Å². The summed E-state index contributed by atoms with van der Waals surface area (Å²) in [5, 5.41) is 33.7. The van der Waals surface area contributed by atoms with Crippen LogP contribution in [0.25, 0.3) is 16.6 Å². The summed E-state index contributed by atoms with van der Waals surface area (Å²) in [5.41, 5.74) is 5.04. The lowest BCUT2D eigenvalue weighted by Gasteiger charge is -2.59. The molecule has 35 heavy (non-hydrogen) atoms. The molecule has 7 nitrogen and oxygen atoms in total. The van der Waals surface area contributed by atoms with E-state index in [2.05, 4.69) is 57.6 Å². The number of allylic oxidation sites excluding steroid dienone is 3. The van der Waals surface area contributed by atoms with Crippen molar-refractivity contribution in [3.8, 4) is 0 Å². The first-order valence-corrected chi connectivity index (χ1v) is 13.2. The number of ether oxygens (including phenoxy) is 1. The average molecular weight is 475 g/mol. The molecule has 0 amide bonds. The summed E-state index contributed by atoms with van der Waals surface area (Å²) in [4.78, 5) is 2.08. The van der Waals surface area contributed by atoms with E-state index in [1.165, 1.54) is 16.7 Å². The van der Waals surface area contributed by atoms with E-state index in [0.717, 1.165) is 49.6 Å². The molecular weight excluding hydrogens is 440 g/mol. The van der Waals surface area contributed by atoms with Crippen LogP contribution in [-0.2, 0) is 4.74 Å². The average Bonchev–Trinajstić information content (AvgIpc) is 3.11. The Hall–Kier alpha value is -2.06. The van der Waals surface area contributed by atoms with Crippen LogP contribution < -0.4 is 0 Å². The molecule has 2 saturated carbocycles. The Bertz CT molecular complexity index is 1330. The first kappa shape index (κ1) is 21.1. The van der Waals surface area contributed by atoms with Crippen molar-refractivity contribution in [3.05, 3.63) is 41.5 Å². The van der Waals surface area contributed by atoms with Crippen molar-refractivity contribution < 1.29 is 14.9 Å². The molecule has 6 aliphatic rings. The molecule has 0 radical (unpaired) electrons. The van der Waals surface area contributed by atoms with E-state index in [0.29, 0.717) is 11.8 Å². The molecular formula is C28H34N4O3. The fourth-order valence-corrected chi connectivity index (χ4v) is 9.64. The highest BCUT2D eigenvalue weighted by Crippen LogP contribution is 2.81. The molecule has 7 heteroatoms. The van der Waals surface area contributed by atoms with Crippen molar-refractivity contribution in [2.75, 3.05) is 14.1 Å². The second-order valence-corrected chi connectivity index (χ2v) is 12.7. The van der Waals surface area contributed by atoms with Crippen LogP contribution in [-0.4, -0.2) is 74.1 Å². The van der Waals surface area contributed by atoms with Crippen molar-refractivity contribution in [1.82, 2.24) is 20.3 Å². The summed E-state index contributed by atoms with van der Waals surface area (Å²) in [6.07, 6.45) is 9.22. The second kappa shape index (κ2) is 6.25. The number of aliphatic hydroxyl groups is 2. The van der Waals surface area contributed by atoms with Crippen LogP contribution in [0.2, 0.25) is 0 Å². The molecule has 2 bridgehead atoms. The van der Waals surface area contributed by atoms with Crippen LogP contribution in [0.4, 0.5) is 0 Å². The van der Waals surface area contributed by atoms with Gasteiger partial charge in [0, 0.05) is 22.8 Å². The second-order valence-electron chi connectivity index (χ2n) is 12.7. The van der Waals surface area contributed by atoms with E-state index in [-0.39, 0.29) is 28.1 Å². The molecule has 8 rings (SSSR count). The molecule has 9 atom stereocenters. The molecule has 2 aromatic rings. The van der Waals surface area contributed by atoms with Crippen LogP contribution in [0.1, 0.15) is 51.0 Å². The van der Waals surface area contributed by atoms with Gasteiger partial charge in [0.1, 0.15) is 5.52 Å². The Morgan fingerprint density at radius 1 is 1.14 bits per heavy atom. The van der Waals surface area contributed by atoms with Gasteiger partial charge >= 0.3 is 0 Å². The number of fused-ring (bicyclic) bond motifs is 3. The molecule has 184 valence electrons. The lowest BCUT2D eigenvalue weighted by molar-refractivity contribution is -0.248. The van der Waals surface area contributed by atoms with Gasteiger partial charge in [0.05, 0.1) is 28.9 Å². The standard InChI is InChI=1S/C28H34N4O3/c1-25-9-8-17-18-13-27(18)24(34)23(33)21(32(2)3)14-26(27)10-11-28(17,35-26)22(25)7-5-16(25)15-4-6-19-20(12-15)30-31-29-19/h4-6,8,12,18,21-24,33-34H,7,9-11,13-14H2,1-3H3,(H,29,30,31)/t18?,21-,22?,23+,24-,25+,26+,27?,28+/m0/s1. The molecule has 4 aliphatic carbocycles. The number of nitrogens with one attached hydrogen (secondary N) is 1. The van der Waals surface area contributed by atoms with Crippen LogP contribution >= 0.6 is 0 Å². The quantitative estimate of drug-likeness (QED) is 0.579. The zero-order valence-electron chi connectivity index (χ0n) is 20.7. The van der Waals surface area contributed by atoms with Gasteiger partial charge in [0.2, 0.25) is 0 Å². The number of aliphatic hydroxyl groups excluding tert-OH is 2. The summed E-state index contributed by atoms with van der Waals surface area (Å²) < 4.78 is 7.42. The molecule has 1 aromatic heterocycles. The SMILES string of the molecule is CN(C)[C@H]1C[C@@]23CC[C@@]4(O2)C(=CC[C@]2(C)C(c5ccc6nn[nH]c6c5)=CCC24)C2CC23[C@@H](O)[C@@H]1O. The smallest absolute Gasteiger partial charge is 0.112 e. The minimum Gasteiger partial charge on any atom is -0.390 e. The van der Waals surface area contributed by atoms with E-state index >= 15 is 0 Å². The Morgan fingerprint density at radius 2 is 2.00 bits per heavy atom. The Balaban J connectivity index is 1.22. The van der Waals surface area contributed by atoms with Crippen LogP contribution in [0.15, 0.2) is 35.9 Å². The van der Waals surface area contributed by atoms with Crippen LogP contribution in [0.5, 0.6) is 0 Å². The van der Waals surface area contributed by atoms with E-state index in [9.17, 15) is 10.2 Å². The summed E-state index contributed by atoms with van der Waals surface area (Å²) in [5.74, 6) is 0.730. The predicted octanol–water partition coefficient (Wildman–Crippen LogP) is 3.06. The largest absolute Gasteiger partial charge is 0.390 e. The topological polar surface area (TPSA) is 94.5 Å². The Kier molecular flexibility index (Phi) is 3.76. The minimum absolute atomic E-state index is 0.00120. The number of likely N-dealkylation sites (N-methyl/N-ethyl adjacent to an activating group) is 1. The third-order valence-corrected chi connectivity index (χ3v) is 11.3. The maximum absolute atomic E-state index is 11.5. The maximum Gasteiger partial charge on any atom is 0.112 e. The van der Waals surface area contributed by atoms with Gasteiger partial charge in [0.25, 0.3) is 0 Å². The summed E-state index contributed by atoms with van der Waals surface area (Å²) in [6.45, 7) is 2.43.